The standard InChI is InChI=1S/C8H13N3O2/c9-4-7-2-1-3-11(7)8(13)5-10-6-12/h4,6-7,9H,1-3,5H2,(H,10,12)/t7-/m0/s1. The maximum atomic E-state index is 11.4. The van der Waals surface area contributed by atoms with E-state index in [4.69, 9.17) is 5.41 Å². The molecule has 0 aromatic carbocycles. The van der Waals surface area contributed by atoms with Crippen molar-refractivity contribution in [1.82, 2.24) is 10.2 Å². The zero-order valence-corrected chi connectivity index (χ0v) is 7.32. The van der Waals surface area contributed by atoms with Crippen LogP contribution in [-0.4, -0.2) is 42.6 Å². The Morgan fingerprint density at radius 3 is 3.08 bits per heavy atom. The maximum Gasteiger partial charge on any atom is 0.242 e. The molecule has 5 nitrogen and oxygen atoms in total. The van der Waals surface area contributed by atoms with Gasteiger partial charge in [0.2, 0.25) is 12.3 Å². The molecule has 0 aromatic rings. The largest absolute Gasteiger partial charge is 0.350 e. The van der Waals surface area contributed by atoms with Gasteiger partial charge in [-0.15, -0.1) is 0 Å². The lowest BCUT2D eigenvalue weighted by Gasteiger charge is -2.20. The van der Waals surface area contributed by atoms with Gasteiger partial charge < -0.3 is 15.6 Å². The number of carbonyl (C=O) groups excluding carboxylic acids is 2. The van der Waals surface area contributed by atoms with E-state index >= 15 is 0 Å². The molecule has 2 N–H and O–H groups in total. The number of amides is 2. The maximum absolute atomic E-state index is 11.4. The van der Waals surface area contributed by atoms with Crippen LogP contribution in [-0.2, 0) is 9.59 Å². The van der Waals surface area contributed by atoms with Gasteiger partial charge in [-0.1, -0.05) is 0 Å². The van der Waals surface area contributed by atoms with Crippen LogP contribution in [0.15, 0.2) is 0 Å². The lowest BCUT2D eigenvalue weighted by atomic mass is 10.2. The predicted octanol–water partition coefficient (Wildman–Crippen LogP) is -0.627. The van der Waals surface area contributed by atoms with Crippen LogP contribution in [0.1, 0.15) is 12.8 Å². The normalized spacial score (nSPS) is 21.2. The number of hydrogen-bond donors (Lipinski definition) is 2. The SMILES string of the molecule is N=C[C@@H]1CCCN1C(=O)CNC=O. The molecule has 72 valence electrons. The van der Waals surface area contributed by atoms with Gasteiger partial charge in [0.25, 0.3) is 0 Å². The van der Waals surface area contributed by atoms with E-state index < -0.39 is 0 Å². The van der Waals surface area contributed by atoms with E-state index in [2.05, 4.69) is 5.32 Å². The highest BCUT2D eigenvalue weighted by atomic mass is 16.2. The monoisotopic (exact) mass is 183 g/mol. The minimum atomic E-state index is -0.113. The first-order valence-electron chi connectivity index (χ1n) is 4.26. The Morgan fingerprint density at radius 2 is 2.46 bits per heavy atom. The molecule has 1 fully saturated rings. The fraction of sp³-hybridized carbons (Fsp3) is 0.625. The van der Waals surface area contributed by atoms with Crippen molar-refractivity contribution in [2.24, 2.45) is 0 Å². The molecule has 2 amide bonds. The van der Waals surface area contributed by atoms with E-state index in [9.17, 15) is 9.59 Å². The molecule has 0 radical (unpaired) electrons. The average molecular weight is 183 g/mol. The molecule has 1 heterocycles. The Labute approximate surface area is 76.6 Å². The molecule has 0 unspecified atom stereocenters. The third kappa shape index (κ3) is 2.27. The molecule has 0 saturated carbocycles. The number of likely N-dealkylation sites (tertiary alicyclic amines) is 1. The molecule has 0 aromatic heterocycles. The van der Waals surface area contributed by atoms with Crippen LogP contribution in [0.2, 0.25) is 0 Å². The van der Waals surface area contributed by atoms with E-state index in [0.717, 1.165) is 12.8 Å². The van der Waals surface area contributed by atoms with Gasteiger partial charge in [0.1, 0.15) is 0 Å². The summed E-state index contributed by atoms with van der Waals surface area (Å²) < 4.78 is 0. The second-order valence-electron chi connectivity index (χ2n) is 2.96. The molecular formula is C8H13N3O2. The third-order valence-electron chi connectivity index (χ3n) is 2.15. The van der Waals surface area contributed by atoms with Crippen molar-refractivity contribution in [2.45, 2.75) is 18.9 Å². The van der Waals surface area contributed by atoms with Gasteiger partial charge in [-0.25, -0.2) is 0 Å². The van der Waals surface area contributed by atoms with Gasteiger partial charge in [0.05, 0.1) is 12.6 Å². The van der Waals surface area contributed by atoms with Crippen molar-refractivity contribution >= 4 is 18.5 Å². The highest BCUT2D eigenvalue weighted by molar-refractivity contribution is 5.83. The summed E-state index contributed by atoms with van der Waals surface area (Å²) in [6, 6.07) is -0.0686. The molecule has 1 aliphatic rings. The lowest BCUT2D eigenvalue weighted by Crippen LogP contribution is -2.41. The minimum Gasteiger partial charge on any atom is -0.350 e. The van der Waals surface area contributed by atoms with Gasteiger partial charge >= 0.3 is 0 Å². The first kappa shape index (κ1) is 9.70. The summed E-state index contributed by atoms with van der Waals surface area (Å²) in [6.07, 6.45) is 3.59. The lowest BCUT2D eigenvalue weighted by molar-refractivity contribution is -0.131. The smallest absolute Gasteiger partial charge is 0.242 e. The van der Waals surface area contributed by atoms with Gasteiger partial charge in [-0.3, -0.25) is 9.59 Å². The summed E-state index contributed by atoms with van der Waals surface area (Å²) >= 11 is 0. The van der Waals surface area contributed by atoms with Crippen LogP contribution in [0, 0.1) is 5.41 Å². The van der Waals surface area contributed by atoms with E-state index in [1.165, 1.54) is 6.21 Å². The second kappa shape index (κ2) is 4.59. The quantitative estimate of drug-likeness (QED) is 0.450. The number of hydrogen-bond acceptors (Lipinski definition) is 3. The zero-order chi connectivity index (χ0) is 9.68. The van der Waals surface area contributed by atoms with Crippen LogP contribution in [0.5, 0.6) is 0 Å². The number of carbonyl (C=O) groups is 2. The van der Waals surface area contributed by atoms with E-state index in [1.54, 1.807) is 4.90 Å². The number of nitrogens with zero attached hydrogens (tertiary/aromatic N) is 1. The Balaban J connectivity index is 2.44. The molecule has 1 atom stereocenters. The summed E-state index contributed by atoms with van der Waals surface area (Å²) in [6.45, 7) is 0.729. The fourth-order valence-electron chi connectivity index (χ4n) is 1.51. The topological polar surface area (TPSA) is 73.3 Å². The molecule has 5 heteroatoms. The Hall–Kier alpha value is -1.39. The van der Waals surface area contributed by atoms with Crippen molar-refractivity contribution < 1.29 is 9.59 Å². The van der Waals surface area contributed by atoms with Crippen LogP contribution >= 0.6 is 0 Å². The highest BCUT2D eigenvalue weighted by Gasteiger charge is 2.26. The Kier molecular flexibility index (Phi) is 3.42. The van der Waals surface area contributed by atoms with Gasteiger partial charge in [-0.05, 0) is 12.8 Å². The number of nitrogens with one attached hydrogen (secondary N) is 2. The Bertz CT molecular complexity index is 217. The van der Waals surface area contributed by atoms with Crippen LogP contribution in [0.25, 0.3) is 0 Å². The van der Waals surface area contributed by atoms with Crippen molar-refractivity contribution in [1.29, 1.82) is 5.41 Å². The third-order valence-corrected chi connectivity index (χ3v) is 2.15. The molecule has 13 heavy (non-hydrogen) atoms. The van der Waals surface area contributed by atoms with Crippen molar-refractivity contribution in [3.63, 3.8) is 0 Å². The first-order valence-corrected chi connectivity index (χ1v) is 4.26. The molecule has 0 spiro atoms. The van der Waals surface area contributed by atoms with E-state index in [-0.39, 0.29) is 18.5 Å². The predicted molar refractivity (Wildman–Crippen MR) is 47.6 cm³/mol. The van der Waals surface area contributed by atoms with Gasteiger partial charge in [0.15, 0.2) is 0 Å². The van der Waals surface area contributed by atoms with Crippen LogP contribution in [0.3, 0.4) is 0 Å². The molecular weight excluding hydrogens is 170 g/mol. The minimum absolute atomic E-state index is 0.0356. The molecule has 0 bridgehead atoms. The van der Waals surface area contributed by atoms with Crippen molar-refractivity contribution in [3.05, 3.63) is 0 Å². The summed E-state index contributed by atoms with van der Waals surface area (Å²) in [5.41, 5.74) is 0. The van der Waals surface area contributed by atoms with Crippen LogP contribution in [0.4, 0.5) is 0 Å². The van der Waals surface area contributed by atoms with Crippen molar-refractivity contribution in [3.8, 4) is 0 Å². The Morgan fingerprint density at radius 1 is 1.69 bits per heavy atom. The summed E-state index contributed by atoms with van der Waals surface area (Å²) in [5, 5.41) is 9.41. The van der Waals surface area contributed by atoms with Crippen molar-refractivity contribution in [2.75, 3.05) is 13.1 Å². The zero-order valence-electron chi connectivity index (χ0n) is 7.32. The molecule has 1 saturated heterocycles. The summed E-state index contributed by atoms with van der Waals surface area (Å²) in [7, 11) is 0. The average Bonchev–Trinajstić information content (AvgIpc) is 2.61. The molecule has 1 aliphatic heterocycles. The summed E-state index contributed by atoms with van der Waals surface area (Å²) in [4.78, 5) is 23.0. The fourth-order valence-corrected chi connectivity index (χ4v) is 1.51. The second-order valence-corrected chi connectivity index (χ2v) is 2.96. The number of rotatable bonds is 4. The van der Waals surface area contributed by atoms with Gasteiger partial charge in [0, 0.05) is 12.8 Å². The van der Waals surface area contributed by atoms with E-state index in [1.807, 2.05) is 0 Å². The first-order chi connectivity index (χ1) is 6.29. The van der Waals surface area contributed by atoms with Gasteiger partial charge in [-0.2, -0.15) is 0 Å². The van der Waals surface area contributed by atoms with Crippen LogP contribution < -0.4 is 5.32 Å². The highest BCUT2D eigenvalue weighted by Crippen LogP contribution is 2.14. The van der Waals surface area contributed by atoms with E-state index in [0.29, 0.717) is 13.0 Å². The molecule has 1 rings (SSSR count). The molecule has 0 aliphatic carbocycles. The summed E-state index contributed by atoms with van der Waals surface area (Å²) in [5.74, 6) is -0.113.